The summed E-state index contributed by atoms with van der Waals surface area (Å²) in [5.74, 6) is 0.784. The quantitative estimate of drug-likeness (QED) is 0.379. The van der Waals surface area contributed by atoms with E-state index in [1.54, 1.807) is 12.3 Å². The molecular weight excluding hydrogens is 397 g/mol. The molecule has 0 radical (unpaired) electrons. The zero-order valence-corrected chi connectivity index (χ0v) is 14.9. The summed E-state index contributed by atoms with van der Waals surface area (Å²) in [5.41, 5.74) is 6.72. The van der Waals surface area contributed by atoms with Crippen molar-refractivity contribution in [1.82, 2.24) is 10.3 Å². The zero-order valence-electron chi connectivity index (χ0n) is 12.5. The Labute approximate surface area is 147 Å². The lowest BCUT2D eigenvalue weighted by Crippen LogP contribution is -2.37. The van der Waals surface area contributed by atoms with Gasteiger partial charge in [-0.2, -0.15) is 0 Å². The molecule has 1 amide bonds. The van der Waals surface area contributed by atoms with Gasteiger partial charge < -0.3 is 21.1 Å². The smallest absolute Gasteiger partial charge is 0.222 e. The molecule has 4 N–H and O–H groups in total. The predicted octanol–water partition coefficient (Wildman–Crippen LogP) is 1.24. The second-order valence-electron chi connectivity index (χ2n) is 4.95. The van der Waals surface area contributed by atoms with Crippen molar-refractivity contribution in [3.63, 3.8) is 0 Å². The minimum atomic E-state index is -0.143. The Balaban J connectivity index is 0.00000242. The normalized spacial score (nSPS) is 17.7. The Bertz CT molecular complexity index is 500. The van der Waals surface area contributed by atoms with E-state index in [1.807, 2.05) is 6.07 Å². The third kappa shape index (κ3) is 6.56. The minimum absolute atomic E-state index is 0. The van der Waals surface area contributed by atoms with Crippen molar-refractivity contribution in [2.45, 2.75) is 32.4 Å². The van der Waals surface area contributed by atoms with Crippen LogP contribution in [0.4, 0.5) is 5.82 Å². The number of nitrogens with two attached hydrogens (primary N) is 1. The molecule has 1 aromatic rings. The molecule has 1 atom stereocenters. The number of carbonyl (C=O) groups is 1. The summed E-state index contributed by atoms with van der Waals surface area (Å²) in [6.45, 7) is 3.41. The van der Waals surface area contributed by atoms with E-state index in [0.717, 1.165) is 25.0 Å². The number of amides is 1. The van der Waals surface area contributed by atoms with Crippen molar-refractivity contribution in [1.29, 1.82) is 0 Å². The average molecular weight is 419 g/mol. The van der Waals surface area contributed by atoms with Crippen LogP contribution in [-0.2, 0) is 16.1 Å². The topological polar surface area (TPSA) is 102 Å². The van der Waals surface area contributed by atoms with Crippen LogP contribution in [0.25, 0.3) is 0 Å². The molecule has 8 heteroatoms. The first kappa shape index (κ1) is 18.6. The number of halogens is 1. The number of nitrogens with one attached hydrogen (secondary N) is 2. The molecular formula is C14H22IN5O2. The lowest BCUT2D eigenvalue weighted by Gasteiger charge is -2.11. The zero-order chi connectivity index (χ0) is 15.1. The summed E-state index contributed by atoms with van der Waals surface area (Å²) in [6, 6.07) is 3.59. The standard InChI is InChI=1S/C14H21N5O2.HI/c1-10(20)19-13-5-4-11(7-16-13)8-17-14(15)18-9-12-3-2-6-21-12;/h4-5,7,12H,2-3,6,8-9H2,1H3,(H3,15,17,18)(H,16,19,20);1H. The number of anilines is 1. The van der Waals surface area contributed by atoms with E-state index < -0.39 is 0 Å². The molecule has 1 saturated heterocycles. The largest absolute Gasteiger partial charge is 0.376 e. The number of rotatable bonds is 5. The Morgan fingerprint density at radius 3 is 2.95 bits per heavy atom. The van der Waals surface area contributed by atoms with Crippen molar-refractivity contribution in [3.8, 4) is 0 Å². The summed E-state index contributed by atoms with van der Waals surface area (Å²) in [5, 5.41) is 5.67. The van der Waals surface area contributed by atoms with Gasteiger partial charge >= 0.3 is 0 Å². The van der Waals surface area contributed by atoms with Crippen LogP contribution in [0.5, 0.6) is 0 Å². The van der Waals surface area contributed by atoms with E-state index in [9.17, 15) is 4.79 Å². The highest BCUT2D eigenvalue weighted by atomic mass is 127. The first-order valence-corrected chi connectivity index (χ1v) is 7.01. The van der Waals surface area contributed by atoms with Crippen LogP contribution >= 0.6 is 24.0 Å². The monoisotopic (exact) mass is 419 g/mol. The molecule has 122 valence electrons. The van der Waals surface area contributed by atoms with Crippen molar-refractivity contribution in [2.24, 2.45) is 10.7 Å². The van der Waals surface area contributed by atoms with Gasteiger partial charge in [-0.3, -0.25) is 4.79 Å². The number of hydrogen-bond donors (Lipinski definition) is 3. The fraction of sp³-hybridized carbons (Fsp3) is 0.500. The van der Waals surface area contributed by atoms with E-state index in [-0.39, 0.29) is 36.0 Å². The molecule has 1 aliphatic heterocycles. The van der Waals surface area contributed by atoms with E-state index in [1.165, 1.54) is 6.92 Å². The van der Waals surface area contributed by atoms with Gasteiger partial charge in [0.05, 0.1) is 12.6 Å². The Morgan fingerprint density at radius 2 is 2.36 bits per heavy atom. The lowest BCUT2D eigenvalue weighted by molar-refractivity contribution is -0.114. The second-order valence-corrected chi connectivity index (χ2v) is 4.95. The number of ether oxygens (including phenoxy) is 1. The van der Waals surface area contributed by atoms with Crippen LogP contribution in [0.15, 0.2) is 23.3 Å². The van der Waals surface area contributed by atoms with Gasteiger partial charge in [0.25, 0.3) is 0 Å². The first-order valence-electron chi connectivity index (χ1n) is 7.01. The van der Waals surface area contributed by atoms with Crippen LogP contribution in [0.1, 0.15) is 25.3 Å². The average Bonchev–Trinajstić information content (AvgIpc) is 2.97. The van der Waals surface area contributed by atoms with E-state index in [4.69, 9.17) is 10.5 Å². The molecule has 0 aliphatic carbocycles. The molecule has 1 unspecified atom stereocenters. The number of guanidine groups is 1. The summed E-state index contributed by atoms with van der Waals surface area (Å²) in [4.78, 5) is 19.3. The highest BCUT2D eigenvalue weighted by Gasteiger charge is 2.14. The third-order valence-corrected chi connectivity index (χ3v) is 3.10. The summed E-state index contributed by atoms with van der Waals surface area (Å²) < 4.78 is 5.49. The molecule has 7 nitrogen and oxygen atoms in total. The van der Waals surface area contributed by atoms with Crippen LogP contribution in [-0.4, -0.2) is 36.1 Å². The third-order valence-electron chi connectivity index (χ3n) is 3.10. The molecule has 2 rings (SSSR count). The summed E-state index contributed by atoms with van der Waals surface area (Å²) in [6.07, 6.45) is 4.07. The van der Waals surface area contributed by atoms with Crippen molar-refractivity contribution in [3.05, 3.63) is 23.9 Å². The highest BCUT2D eigenvalue weighted by molar-refractivity contribution is 14.0. The van der Waals surface area contributed by atoms with Gasteiger partial charge in [-0.15, -0.1) is 24.0 Å². The van der Waals surface area contributed by atoms with E-state index in [2.05, 4.69) is 20.6 Å². The van der Waals surface area contributed by atoms with Crippen molar-refractivity contribution >= 4 is 41.7 Å². The predicted molar refractivity (Wildman–Crippen MR) is 96.3 cm³/mol. The number of carbonyl (C=O) groups excluding carboxylic acids is 1. The molecule has 0 aromatic carbocycles. The van der Waals surface area contributed by atoms with Gasteiger partial charge in [-0.05, 0) is 24.5 Å². The van der Waals surface area contributed by atoms with Gasteiger partial charge in [0.15, 0.2) is 5.96 Å². The number of pyridine rings is 1. The number of hydrogen-bond acceptors (Lipinski definition) is 4. The van der Waals surface area contributed by atoms with Crippen molar-refractivity contribution in [2.75, 3.05) is 18.5 Å². The Morgan fingerprint density at radius 1 is 1.55 bits per heavy atom. The molecule has 0 bridgehead atoms. The fourth-order valence-electron chi connectivity index (χ4n) is 2.03. The summed E-state index contributed by atoms with van der Waals surface area (Å²) in [7, 11) is 0. The van der Waals surface area contributed by atoms with Crippen LogP contribution in [0, 0.1) is 0 Å². The van der Waals surface area contributed by atoms with E-state index >= 15 is 0 Å². The van der Waals surface area contributed by atoms with Gasteiger partial charge in [0.2, 0.25) is 5.91 Å². The maximum Gasteiger partial charge on any atom is 0.222 e. The van der Waals surface area contributed by atoms with Crippen molar-refractivity contribution < 1.29 is 9.53 Å². The van der Waals surface area contributed by atoms with Gasteiger partial charge in [0, 0.05) is 26.3 Å². The maximum absolute atomic E-state index is 10.9. The number of nitrogens with zero attached hydrogens (tertiary/aromatic N) is 2. The molecule has 0 saturated carbocycles. The lowest BCUT2D eigenvalue weighted by atomic mass is 10.2. The second kappa shape index (κ2) is 9.57. The summed E-state index contributed by atoms with van der Waals surface area (Å²) >= 11 is 0. The Kier molecular flexibility index (Phi) is 8.10. The van der Waals surface area contributed by atoms with Crippen LogP contribution in [0.2, 0.25) is 0 Å². The fourth-order valence-corrected chi connectivity index (χ4v) is 2.03. The minimum Gasteiger partial charge on any atom is -0.376 e. The maximum atomic E-state index is 10.9. The Hall–Kier alpha value is -1.42. The van der Waals surface area contributed by atoms with Gasteiger partial charge in [0.1, 0.15) is 5.82 Å². The molecule has 1 aliphatic rings. The van der Waals surface area contributed by atoms with Gasteiger partial charge in [-0.1, -0.05) is 6.07 Å². The molecule has 22 heavy (non-hydrogen) atoms. The number of aliphatic imine (C=N–C) groups is 1. The van der Waals surface area contributed by atoms with E-state index in [0.29, 0.717) is 24.9 Å². The molecule has 1 fully saturated rings. The molecule has 1 aromatic heterocycles. The van der Waals surface area contributed by atoms with Gasteiger partial charge in [-0.25, -0.2) is 9.98 Å². The molecule has 0 spiro atoms. The van der Waals surface area contributed by atoms with Crippen LogP contribution in [0.3, 0.4) is 0 Å². The van der Waals surface area contributed by atoms with Crippen LogP contribution < -0.4 is 16.4 Å². The highest BCUT2D eigenvalue weighted by Crippen LogP contribution is 2.10. The molecule has 2 heterocycles. The first-order chi connectivity index (χ1) is 10.1. The SMILES string of the molecule is CC(=O)Nc1ccc(CN=C(N)NCC2CCCO2)cn1.I. The number of aromatic nitrogens is 1.